The second-order valence-electron chi connectivity index (χ2n) is 3.57. The Bertz CT molecular complexity index is 558. The molecule has 0 atom stereocenters. The maximum Gasteiger partial charge on any atom is 0.196 e. The van der Waals surface area contributed by atoms with Gasteiger partial charge in [-0.15, -0.1) is 0 Å². The largest absolute Gasteiger partial charge is 0.495 e. The van der Waals surface area contributed by atoms with Crippen molar-refractivity contribution < 1.29 is 13.9 Å². The summed E-state index contributed by atoms with van der Waals surface area (Å²) in [4.78, 5) is 12.1. The van der Waals surface area contributed by atoms with Crippen LogP contribution in [0.4, 0.5) is 0 Å². The van der Waals surface area contributed by atoms with Gasteiger partial charge in [-0.2, -0.15) is 0 Å². The van der Waals surface area contributed by atoms with Gasteiger partial charge in [0.15, 0.2) is 5.78 Å². The fraction of sp³-hybridized carbons (Fsp3) is 0.154. The standard InChI is InChI=1S/C13H11ClO3/c1-8-10(5-6-17-8)13(15)9-3-4-11(14)12(7-9)16-2/h3-7H,1-2H3. The van der Waals surface area contributed by atoms with Crippen molar-refractivity contribution in [3.63, 3.8) is 0 Å². The van der Waals surface area contributed by atoms with E-state index in [4.69, 9.17) is 20.8 Å². The van der Waals surface area contributed by atoms with Crippen LogP contribution in [0, 0.1) is 6.92 Å². The lowest BCUT2D eigenvalue weighted by Gasteiger charge is -2.05. The molecular formula is C13H11ClO3. The topological polar surface area (TPSA) is 39.4 Å². The summed E-state index contributed by atoms with van der Waals surface area (Å²) in [6, 6.07) is 6.58. The average molecular weight is 251 g/mol. The number of carbonyl (C=O) groups excluding carboxylic acids is 1. The molecule has 0 saturated heterocycles. The molecule has 1 heterocycles. The Kier molecular flexibility index (Phi) is 3.20. The van der Waals surface area contributed by atoms with Crippen molar-refractivity contribution in [3.8, 4) is 5.75 Å². The fourth-order valence-corrected chi connectivity index (χ4v) is 1.77. The molecule has 17 heavy (non-hydrogen) atoms. The summed E-state index contributed by atoms with van der Waals surface area (Å²) in [5.41, 5.74) is 1.07. The minimum Gasteiger partial charge on any atom is -0.495 e. The van der Waals surface area contributed by atoms with Gasteiger partial charge in [0, 0.05) is 5.56 Å². The molecular weight excluding hydrogens is 240 g/mol. The molecule has 0 bridgehead atoms. The van der Waals surface area contributed by atoms with Crippen molar-refractivity contribution in [2.45, 2.75) is 6.92 Å². The smallest absolute Gasteiger partial charge is 0.196 e. The van der Waals surface area contributed by atoms with E-state index < -0.39 is 0 Å². The van der Waals surface area contributed by atoms with Gasteiger partial charge in [-0.1, -0.05) is 11.6 Å². The highest BCUT2D eigenvalue weighted by Crippen LogP contribution is 2.26. The van der Waals surface area contributed by atoms with Crippen LogP contribution in [0.15, 0.2) is 34.9 Å². The number of hydrogen-bond donors (Lipinski definition) is 0. The lowest BCUT2D eigenvalue weighted by atomic mass is 10.0. The van der Waals surface area contributed by atoms with Crippen molar-refractivity contribution in [3.05, 3.63) is 52.4 Å². The van der Waals surface area contributed by atoms with E-state index in [-0.39, 0.29) is 5.78 Å². The van der Waals surface area contributed by atoms with E-state index in [1.165, 1.54) is 13.4 Å². The molecule has 0 radical (unpaired) electrons. The van der Waals surface area contributed by atoms with E-state index in [0.717, 1.165) is 0 Å². The number of benzene rings is 1. The third-order valence-electron chi connectivity index (χ3n) is 2.52. The van der Waals surface area contributed by atoms with E-state index in [1.807, 2.05) is 0 Å². The Morgan fingerprint density at radius 2 is 2.12 bits per heavy atom. The zero-order chi connectivity index (χ0) is 12.4. The number of ketones is 1. The Morgan fingerprint density at radius 1 is 1.35 bits per heavy atom. The zero-order valence-electron chi connectivity index (χ0n) is 9.49. The molecule has 4 heteroatoms. The molecule has 2 rings (SSSR count). The van der Waals surface area contributed by atoms with Gasteiger partial charge >= 0.3 is 0 Å². The van der Waals surface area contributed by atoms with Crippen molar-refractivity contribution in [1.82, 2.24) is 0 Å². The van der Waals surface area contributed by atoms with Crippen molar-refractivity contribution >= 4 is 17.4 Å². The maximum atomic E-state index is 12.1. The number of carbonyl (C=O) groups is 1. The van der Waals surface area contributed by atoms with E-state index in [1.54, 1.807) is 31.2 Å². The molecule has 1 aromatic heterocycles. The van der Waals surface area contributed by atoms with Crippen LogP contribution >= 0.6 is 11.6 Å². The lowest BCUT2D eigenvalue weighted by Crippen LogP contribution is -2.02. The quantitative estimate of drug-likeness (QED) is 0.783. The first-order valence-electron chi connectivity index (χ1n) is 5.06. The van der Waals surface area contributed by atoms with Crippen molar-refractivity contribution in [2.24, 2.45) is 0 Å². The van der Waals surface area contributed by atoms with Gasteiger partial charge in [0.05, 0.1) is 24.0 Å². The van der Waals surface area contributed by atoms with Crippen LogP contribution in [0.1, 0.15) is 21.7 Å². The van der Waals surface area contributed by atoms with E-state index >= 15 is 0 Å². The first kappa shape index (κ1) is 11.7. The highest BCUT2D eigenvalue weighted by molar-refractivity contribution is 6.32. The normalized spacial score (nSPS) is 10.3. The average Bonchev–Trinajstić information content (AvgIpc) is 2.75. The van der Waals surface area contributed by atoms with Crippen LogP contribution < -0.4 is 4.74 Å². The summed E-state index contributed by atoms with van der Waals surface area (Å²) in [7, 11) is 1.51. The molecule has 0 spiro atoms. The SMILES string of the molecule is COc1cc(C(=O)c2ccoc2C)ccc1Cl. The number of hydrogen-bond acceptors (Lipinski definition) is 3. The highest BCUT2D eigenvalue weighted by Gasteiger charge is 2.15. The van der Waals surface area contributed by atoms with Gasteiger partial charge in [-0.3, -0.25) is 4.79 Å². The van der Waals surface area contributed by atoms with Crippen LogP contribution in [0.5, 0.6) is 5.75 Å². The third-order valence-corrected chi connectivity index (χ3v) is 2.83. The van der Waals surface area contributed by atoms with E-state index in [0.29, 0.717) is 27.7 Å². The molecule has 88 valence electrons. The molecule has 3 nitrogen and oxygen atoms in total. The third kappa shape index (κ3) is 2.19. The molecule has 0 amide bonds. The number of halogens is 1. The summed E-state index contributed by atoms with van der Waals surface area (Å²) < 4.78 is 10.2. The predicted molar refractivity (Wildman–Crippen MR) is 64.9 cm³/mol. The molecule has 0 fully saturated rings. The van der Waals surface area contributed by atoms with Gasteiger partial charge < -0.3 is 9.15 Å². The Hall–Kier alpha value is -1.74. The summed E-state index contributed by atoms with van der Waals surface area (Å²) in [6.07, 6.45) is 1.50. The van der Waals surface area contributed by atoms with Gasteiger partial charge in [-0.05, 0) is 31.2 Å². The van der Waals surface area contributed by atoms with Gasteiger partial charge in [0.1, 0.15) is 11.5 Å². The van der Waals surface area contributed by atoms with Crippen LogP contribution in [-0.2, 0) is 0 Å². The summed E-state index contributed by atoms with van der Waals surface area (Å²) in [5.74, 6) is 0.980. The summed E-state index contributed by atoms with van der Waals surface area (Å²) in [5, 5.41) is 0.480. The van der Waals surface area contributed by atoms with Gasteiger partial charge in [0.25, 0.3) is 0 Å². The van der Waals surface area contributed by atoms with Crippen molar-refractivity contribution in [2.75, 3.05) is 7.11 Å². The summed E-state index contributed by atoms with van der Waals surface area (Å²) in [6.45, 7) is 1.75. The van der Waals surface area contributed by atoms with E-state index in [9.17, 15) is 4.79 Å². The van der Waals surface area contributed by atoms with Gasteiger partial charge in [-0.25, -0.2) is 0 Å². The molecule has 0 aliphatic carbocycles. The molecule has 0 aliphatic heterocycles. The van der Waals surface area contributed by atoms with Crippen LogP contribution in [0.3, 0.4) is 0 Å². The number of rotatable bonds is 3. The Labute approximate surface area is 104 Å². The molecule has 0 aliphatic rings. The second kappa shape index (κ2) is 4.63. The minimum absolute atomic E-state index is 0.105. The number of ether oxygens (including phenoxy) is 1. The lowest BCUT2D eigenvalue weighted by molar-refractivity contribution is 0.103. The molecule has 0 N–H and O–H groups in total. The minimum atomic E-state index is -0.105. The molecule has 0 saturated carbocycles. The second-order valence-corrected chi connectivity index (χ2v) is 3.98. The van der Waals surface area contributed by atoms with Crippen molar-refractivity contribution in [1.29, 1.82) is 0 Å². The summed E-state index contributed by atoms with van der Waals surface area (Å²) >= 11 is 5.90. The molecule has 0 unspecified atom stereocenters. The van der Waals surface area contributed by atoms with Crippen LogP contribution in [0.2, 0.25) is 5.02 Å². The maximum absolute atomic E-state index is 12.1. The first-order valence-corrected chi connectivity index (χ1v) is 5.43. The zero-order valence-corrected chi connectivity index (χ0v) is 10.2. The predicted octanol–water partition coefficient (Wildman–Crippen LogP) is 3.48. The number of aryl methyl sites for hydroxylation is 1. The fourth-order valence-electron chi connectivity index (χ4n) is 1.58. The van der Waals surface area contributed by atoms with Crippen LogP contribution in [0.25, 0.3) is 0 Å². The monoisotopic (exact) mass is 250 g/mol. The number of furan rings is 1. The molecule has 2 aromatic rings. The Morgan fingerprint density at radius 3 is 2.71 bits per heavy atom. The first-order chi connectivity index (χ1) is 8.13. The Balaban J connectivity index is 2.41. The molecule has 1 aromatic carbocycles. The van der Waals surface area contributed by atoms with E-state index in [2.05, 4.69) is 0 Å². The van der Waals surface area contributed by atoms with Gasteiger partial charge in [0.2, 0.25) is 0 Å². The number of methoxy groups -OCH3 is 1. The van der Waals surface area contributed by atoms with Crippen LogP contribution in [-0.4, -0.2) is 12.9 Å². The highest BCUT2D eigenvalue weighted by atomic mass is 35.5.